The Morgan fingerprint density at radius 3 is 2.50 bits per heavy atom. The van der Waals surface area contributed by atoms with Crippen LogP contribution in [-0.4, -0.2) is 32.6 Å². The average molecular weight is 315 g/mol. The van der Waals surface area contributed by atoms with E-state index in [0.29, 0.717) is 12.0 Å². The standard InChI is InChI=1S/C14H23BrN2O/c1-10(7-8-16)14(17(2)3)11-5-6-13(18-4)12(15)9-11/h5-6,9-10,14H,7-8,16H2,1-4H3. The molecule has 18 heavy (non-hydrogen) atoms. The fourth-order valence-electron chi connectivity index (χ4n) is 2.42. The summed E-state index contributed by atoms with van der Waals surface area (Å²) in [4.78, 5) is 2.24. The summed E-state index contributed by atoms with van der Waals surface area (Å²) in [5.41, 5.74) is 6.96. The van der Waals surface area contributed by atoms with Gasteiger partial charge < -0.3 is 15.4 Å². The van der Waals surface area contributed by atoms with E-state index < -0.39 is 0 Å². The average Bonchev–Trinajstić information content (AvgIpc) is 2.29. The Kier molecular flexibility index (Phi) is 6.12. The van der Waals surface area contributed by atoms with Gasteiger partial charge in [-0.2, -0.15) is 0 Å². The number of nitrogens with zero attached hydrogens (tertiary/aromatic N) is 1. The van der Waals surface area contributed by atoms with Crippen molar-refractivity contribution in [3.63, 3.8) is 0 Å². The minimum atomic E-state index is 0.371. The van der Waals surface area contributed by atoms with Gasteiger partial charge >= 0.3 is 0 Å². The van der Waals surface area contributed by atoms with Gasteiger partial charge in [0.05, 0.1) is 11.6 Å². The first-order chi connectivity index (χ1) is 8.51. The highest BCUT2D eigenvalue weighted by molar-refractivity contribution is 9.10. The number of benzene rings is 1. The third kappa shape index (κ3) is 3.70. The number of hydrogen-bond acceptors (Lipinski definition) is 3. The van der Waals surface area contributed by atoms with E-state index in [0.717, 1.165) is 23.2 Å². The van der Waals surface area contributed by atoms with Crippen molar-refractivity contribution in [1.82, 2.24) is 4.90 Å². The second-order valence-electron chi connectivity index (χ2n) is 4.86. The molecule has 0 saturated heterocycles. The van der Waals surface area contributed by atoms with Crippen molar-refractivity contribution >= 4 is 15.9 Å². The molecule has 0 spiro atoms. The molecule has 1 aromatic rings. The zero-order chi connectivity index (χ0) is 13.7. The van der Waals surface area contributed by atoms with Gasteiger partial charge in [-0.15, -0.1) is 0 Å². The van der Waals surface area contributed by atoms with Gasteiger partial charge in [0.2, 0.25) is 0 Å². The molecule has 0 aliphatic heterocycles. The molecule has 2 atom stereocenters. The van der Waals surface area contributed by atoms with Gasteiger partial charge in [-0.25, -0.2) is 0 Å². The maximum atomic E-state index is 5.67. The molecule has 0 aromatic heterocycles. The highest BCUT2D eigenvalue weighted by Crippen LogP contribution is 2.33. The summed E-state index contributed by atoms with van der Waals surface area (Å²) in [6.45, 7) is 2.97. The number of nitrogens with two attached hydrogens (primary N) is 1. The van der Waals surface area contributed by atoms with E-state index in [1.807, 2.05) is 6.07 Å². The van der Waals surface area contributed by atoms with Crippen LogP contribution in [0, 0.1) is 5.92 Å². The number of halogens is 1. The minimum Gasteiger partial charge on any atom is -0.496 e. The van der Waals surface area contributed by atoms with Crippen LogP contribution < -0.4 is 10.5 Å². The maximum absolute atomic E-state index is 5.67. The second kappa shape index (κ2) is 7.12. The van der Waals surface area contributed by atoms with E-state index in [-0.39, 0.29) is 0 Å². The quantitative estimate of drug-likeness (QED) is 0.877. The van der Waals surface area contributed by atoms with Crippen LogP contribution in [0.5, 0.6) is 5.75 Å². The molecule has 0 aliphatic rings. The van der Waals surface area contributed by atoms with Crippen LogP contribution in [0.3, 0.4) is 0 Å². The molecule has 0 amide bonds. The second-order valence-corrected chi connectivity index (χ2v) is 5.71. The lowest BCUT2D eigenvalue weighted by Gasteiger charge is -2.30. The normalized spacial score (nSPS) is 14.6. The van der Waals surface area contributed by atoms with Gasteiger partial charge in [0.25, 0.3) is 0 Å². The Morgan fingerprint density at radius 1 is 1.39 bits per heavy atom. The van der Waals surface area contributed by atoms with Crippen molar-refractivity contribution in [2.45, 2.75) is 19.4 Å². The summed E-state index contributed by atoms with van der Waals surface area (Å²) in [5, 5.41) is 0. The third-order valence-electron chi connectivity index (χ3n) is 3.23. The Labute approximate surface area is 118 Å². The summed E-state index contributed by atoms with van der Waals surface area (Å²) in [7, 11) is 5.89. The van der Waals surface area contributed by atoms with Crippen molar-refractivity contribution in [3.8, 4) is 5.75 Å². The lowest BCUT2D eigenvalue weighted by Crippen LogP contribution is -2.27. The van der Waals surface area contributed by atoms with Gasteiger partial charge in [-0.1, -0.05) is 13.0 Å². The van der Waals surface area contributed by atoms with Crippen LogP contribution in [0.1, 0.15) is 24.9 Å². The van der Waals surface area contributed by atoms with Crippen LogP contribution >= 0.6 is 15.9 Å². The Bertz CT molecular complexity index is 382. The maximum Gasteiger partial charge on any atom is 0.133 e. The molecule has 1 rings (SSSR count). The van der Waals surface area contributed by atoms with Crippen molar-refractivity contribution < 1.29 is 4.74 Å². The molecule has 2 N–H and O–H groups in total. The molecule has 102 valence electrons. The van der Waals surface area contributed by atoms with E-state index in [9.17, 15) is 0 Å². The van der Waals surface area contributed by atoms with E-state index in [2.05, 4.69) is 54.0 Å². The lowest BCUT2D eigenvalue weighted by atomic mass is 9.91. The smallest absolute Gasteiger partial charge is 0.133 e. The number of methoxy groups -OCH3 is 1. The van der Waals surface area contributed by atoms with Crippen molar-refractivity contribution in [2.75, 3.05) is 27.7 Å². The molecule has 0 fully saturated rings. The lowest BCUT2D eigenvalue weighted by molar-refractivity contribution is 0.216. The van der Waals surface area contributed by atoms with Crippen molar-refractivity contribution in [3.05, 3.63) is 28.2 Å². The van der Waals surface area contributed by atoms with Crippen LogP contribution in [0.25, 0.3) is 0 Å². The zero-order valence-corrected chi connectivity index (χ0v) is 13.2. The van der Waals surface area contributed by atoms with Crippen LogP contribution in [0.2, 0.25) is 0 Å². The van der Waals surface area contributed by atoms with Gasteiger partial charge in [-0.05, 0) is 66.6 Å². The molecule has 0 heterocycles. The van der Waals surface area contributed by atoms with E-state index in [4.69, 9.17) is 10.5 Å². The fourth-order valence-corrected chi connectivity index (χ4v) is 2.98. The number of rotatable bonds is 6. The van der Waals surface area contributed by atoms with Crippen LogP contribution in [0.15, 0.2) is 22.7 Å². The first-order valence-corrected chi connectivity index (χ1v) is 7.00. The van der Waals surface area contributed by atoms with Crippen molar-refractivity contribution in [2.24, 2.45) is 11.7 Å². The first-order valence-electron chi connectivity index (χ1n) is 6.21. The Morgan fingerprint density at radius 2 is 2.06 bits per heavy atom. The van der Waals surface area contributed by atoms with E-state index in [1.165, 1.54) is 5.56 Å². The summed E-state index contributed by atoms with van der Waals surface area (Å²) in [6.07, 6.45) is 1.02. The van der Waals surface area contributed by atoms with Gasteiger partial charge in [0.15, 0.2) is 0 Å². The van der Waals surface area contributed by atoms with Crippen LogP contribution in [-0.2, 0) is 0 Å². The monoisotopic (exact) mass is 314 g/mol. The predicted molar refractivity (Wildman–Crippen MR) is 80.0 cm³/mol. The van der Waals surface area contributed by atoms with Crippen LogP contribution in [0.4, 0.5) is 0 Å². The highest BCUT2D eigenvalue weighted by atomic mass is 79.9. The zero-order valence-electron chi connectivity index (χ0n) is 11.6. The topological polar surface area (TPSA) is 38.5 Å². The molecule has 1 aromatic carbocycles. The van der Waals surface area contributed by atoms with Gasteiger partial charge in [0, 0.05) is 6.04 Å². The molecule has 2 unspecified atom stereocenters. The predicted octanol–water partition coefficient (Wildman–Crippen LogP) is 3.05. The van der Waals surface area contributed by atoms with E-state index >= 15 is 0 Å². The van der Waals surface area contributed by atoms with Gasteiger partial charge in [0.1, 0.15) is 5.75 Å². The van der Waals surface area contributed by atoms with Gasteiger partial charge in [-0.3, -0.25) is 0 Å². The molecule has 3 nitrogen and oxygen atoms in total. The molecular weight excluding hydrogens is 292 g/mol. The number of ether oxygens (including phenoxy) is 1. The first kappa shape index (κ1) is 15.5. The summed E-state index contributed by atoms with van der Waals surface area (Å²) in [6, 6.07) is 6.64. The molecular formula is C14H23BrN2O. The fraction of sp³-hybridized carbons (Fsp3) is 0.571. The molecule has 0 radical (unpaired) electrons. The molecule has 0 aliphatic carbocycles. The Hall–Kier alpha value is -0.580. The summed E-state index contributed by atoms with van der Waals surface area (Å²) in [5.74, 6) is 1.38. The summed E-state index contributed by atoms with van der Waals surface area (Å²) < 4.78 is 6.26. The third-order valence-corrected chi connectivity index (χ3v) is 3.85. The van der Waals surface area contributed by atoms with Crippen molar-refractivity contribution in [1.29, 1.82) is 0 Å². The largest absolute Gasteiger partial charge is 0.496 e. The Balaban J connectivity index is 3.02. The molecule has 4 heteroatoms. The summed E-state index contributed by atoms with van der Waals surface area (Å²) >= 11 is 3.54. The van der Waals surface area contributed by atoms with E-state index in [1.54, 1.807) is 7.11 Å². The molecule has 0 bridgehead atoms. The SMILES string of the molecule is COc1ccc(C(C(C)CCN)N(C)C)cc1Br. The highest BCUT2D eigenvalue weighted by Gasteiger charge is 2.21. The molecule has 0 saturated carbocycles. The number of hydrogen-bond donors (Lipinski definition) is 1. The minimum absolute atomic E-state index is 0.371.